The van der Waals surface area contributed by atoms with Gasteiger partial charge in [0.1, 0.15) is 5.65 Å². The molecule has 0 N–H and O–H groups in total. The first-order valence-electron chi connectivity index (χ1n) is 16.8. The minimum Gasteiger partial charge on any atom is -0.310 e. The van der Waals surface area contributed by atoms with E-state index in [-0.39, 0.29) is 0 Å². The highest BCUT2D eigenvalue weighted by atomic mass is 15.2. The molecule has 0 radical (unpaired) electrons. The molecular formula is C46H31N3. The summed E-state index contributed by atoms with van der Waals surface area (Å²) < 4.78 is 2.24. The summed E-state index contributed by atoms with van der Waals surface area (Å²) in [4.78, 5) is 7.44. The number of para-hydroxylation sites is 4. The largest absolute Gasteiger partial charge is 0.310 e. The van der Waals surface area contributed by atoms with E-state index in [1.54, 1.807) is 0 Å². The Kier molecular flexibility index (Phi) is 6.09. The Morgan fingerprint density at radius 1 is 0.449 bits per heavy atom. The summed E-state index contributed by atoms with van der Waals surface area (Å²) >= 11 is 0. The normalized spacial score (nSPS) is 13.4. The molecule has 0 aliphatic carbocycles. The lowest BCUT2D eigenvalue weighted by molar-refractivity contribution is 0.731. The number of hydrogen-bond donors (Lipinski definition) is 0. The van der Waals surface area contributed by atoms with E-state index in [2.05, 4.69) is 197 Å². The maximum atomic E-state index is 5.01. The SMILES string of the molecule is c1ccc(C2(c3ccccc3)c3ccccc3N(c3ccc(-c4cn5c6ccccc6nc5c5ccccc45)cc3)c3ccccc32)cc1. The van der Waals surface area contributed by atoms with Gasteiger partial charge in [-0.1, -0.05) is 146 Å². The van der Waals surface area contributed by atoms with Crippen LogP contribution in [0.3, 0.4) is 0 Å². The zero-order valence-electron chi connectivity index (χ0n) is 26.7. The van der Waals surface area contributed by atoms with E-state index >= 15 is 0 Å². The third-order valence-electron chi connectivity index (χ3n) is 10.3. The summed E-state index contributed by atoms with van der Waals surface area (Å²) in [6.45, 7) is 0. The van der Waals surface area contributed by atoms with Crippen molar-refractivity contribution in [3.63, 3.8) is 0 Å². The van der Waals surface area contributed by atoms with Crippen LogP contribution in [0.4, 0.5) is 17.1 Å². The molecule has 2 aromatic heterocycles. The number of aromatic nitrogens is 2. The second-order valence-corrected chi connectivity index (χ2v) is 12.8. The minimum atomic E-state index is -0.478. The Hall–Kier alpha value is -6.45. The molecule has 0 saturated carbocycles. The average Bonchev–Trinajstić information content (AvgIpc) is 3.56. The molecule has 0 fully saturated rings. The van der Waals surface area contributed by atoms with Crippen molar-refractivity contribution in [3.05, 3.63) is 210 Å². The van der Waals surface area contributed by atoms with Crippen LogP contribution >= 0.6 is 0 Å². The summed E-state index contributed by atoms with van der Waals surface area (Å²) in [5.74, 6) is 0. The molecule has 0 spiro atoms. The molecule has 9 aromatic rings. The molecule has 3 heteroatoms. The van der Waals surface area contributed by atoms with Crippen molar-refractivity contribution in [2.75, 3.05) is 4.90 Å². The minimum absolute atomic E-state index is 0.478. The molecule has 0 unspecified atom stereocenters. The van der Waals surface area contributed by atoms with Crippen LogP contribution < -0.4 is 4.90 Å². The first-order valence-corrected chi connectivity index (χ1v) is 16.8. The zero-order chi connectivity index (χ0) is 32.4. The number of rotatable bonds is 4. The molecule has 0 saturated heterocycles. The van der Waals surface area contributed by atoms with E-state index < -0.39 is 5.41 Å². The van der Waals surface area contributed by atoms with E-state index in [0.717, 1.165) is 27.8 Å². The highest BCUT2D eigenvalue weighted by Gasteiger charge is 2.46. The van der Waals surface area contributed by atoms with Crippen LogP contribution in [-0.4, -0.2) is 9.38 Å². The van der Waals surface area contributed by atoms with Crippen LogP contribution in [0.5, 0.6) is 0 Å². The van der Waals surface area contributed by atoms with Gasteiger partial charge in [-0.25, -0.2) is 4.98 Å². The van der Waals surface area contributed by atoms with Crippen molar-refractivity contribution >= 4 is 44.5 Å². The molecule has 230 valence electrons. The van der Waals surface area contributed by atoms with Crippen LogP contribution in [0.25, 0.3) is 38.6 Å². The molecule has 7 aromatic carbocycles. The third kappa shape index (κ3) is 3.99. The first-order chi connectivity index (χ1) is 24.3. The smallest absolute Gasteiger partial charge is 0.145 e. The number of benzene rings is 7. The predicted octanol–water partition coefficient (Wildman–Crippen LogP) is 11.5. The van der Waals surface area contributed by atoms with Crippen molar-refractivity contribution in [1.29, 1.82) is 0 Å². The van der Waals surface area contributed by atoms with Gasteiger partial charge in [0.15, 0.2) is 0 Å². The second-order valence-electron chi connectivity index (χ2n) is 12.8. The van der Waals surface area contributed by atoms with Crippen molar-refractivity contribution in [2.24, 2.45) is 0 Å². The van der Waals surface area contributed by atoms with Gasteiger partial charge in [0, 0.05) is 22.8 Å². The summed E-state index contributed by atoms with van der Waals surface area (Å²) in [7, 11) is 0. The number of hydrogen-bond acceptors (Lipinski definition) is 2. The molecule has 10 rings (SSSR count). The van der Waals surface area contributed by atoms with Crippen LogP contribution in [0, 0.1) is 0 Å². The Balaban J connectivity index is 1.18. The van der Waals surface area contributed by atoms with Gasteiger partial charge in [-0.2, -0.15) is 0 Å². The molecule has 3 heterocycles. The summed E-state index contributed by atoms with van der Waals surface area (Å²) in [6.07, 6.45) is 2.25. The fourth-order valence-electron chi connectivity index (χ4n) is 8.19. The molecule has 3 nitrogen and oxygen atoms in total. The van der Waals surface area contributed by atoms with Gasteiger partial charge in [-0.05, 0) is 69.6 Å². The fraction of sp³-hybridized carbons (Fsp3) is 0.0217. The molecular weight excluding hydrogens is 595 g/mol. The van der Waals surface area contributed by atoms with E-state index in [1.807, 2.05) is 0 Å². The van der Waals surface area contributed by atoms with Gasteiger partial charge >= 0.3 is 0 Å². The zero-order valence-corrected chi connectivity index (χ0v) is 26.7. The third-order valence-corrected chi connectivity index (χ3v) is 10.3. The Labute approximate surface area is 285 Å². The number of pyridine rings is 1. The summed E-state index contributed by atoms with van der Waals surface area (Å²) in [6, 6.07) is 65.8. The van der Waals surface area contributed by atoms with Gasteiger partial charge in [-0.15, -0.1) is 0 Å². The lowest BCUT2D eigenvalue weighted by Crippen LogP contribution is -2.37. The van der Waals surface area contributed by atoms with Crippen LogP contribution in [-0.2, 0) is 5.41 Å². The Morgan fingerprint density at radius 3 is 1.63 bits per heavy atom. The average molecular weight is 626 g/mol. The second kappa shape index (κ2) is 10.8. The molecule has 0 amide bonds. The first kappa shape index (κ1) is 27.6. The van der Waals surface area contributed by atoms with Crippen molar-refractivity contribution < 1.29 is 0 Å². The van der Waals surface area contributed by atoms with E-state index in [4.69, 9.17) is 4.98 Å². The molecule has 1 aliphatic heterocycles. The number of anilines is 3. The highest BCUT2D eigenvalue weighted by molar-refractivity contribution is 6.05. The topological polar surface area (TPSA) is 20.5 Å². The van der Waals surface area contributed by atoms with E-state index in [1.165, 1.54) is 50.1 Å². The molecule has 0 atom stereocenters. The molecule has 0 bridgehead atoms. The predicted molar refractivity (Wildman–Crippen MR) is 202 cm³/mol. The standard InChI is InChI=1S/C46H31N3/c1-3-15-33(16-4-1)46(34-17-5-2-6-18-34)39-21-9-12-24-42(39)49(43-25-13-10-22-40(43)46)35-29-27-32(28-30-35)38-31-48-44-26-14-11-23-41(44)47-45(48)37-20-8-7-19-36(37)38/h1-31H. The van der Waals surface area contributed by atoms with E-state index in [9.17, 15) is 0 Å². The number of fused-ring (bicyclic) bond motifs is 7. The fourth-order valence-corrected chi connectivity index (χ4v) is 8.19. The quantitative estimate of drug-likeness (QED) is 0.194. The van der Waals surface area contributed by atoms with Crippen LogP contribution in [0.2, 0.25) is 0 Å². The maximum absolute atomic E-state index is 5.01. The molecule has 1 aliphatic rings. The monoisotopic (exact) mass is 625 g/mol. The van der Waals surface area contributed by atoms with Crippen molar-refractivity contribution in [1.82, 2.24) is 9.38 Å². The summed E-state index contributed by atoms with van der Waals surface area (Å²) in [5.41, 5.74) is 13.5. The molecule has 49 heavy (non-hydrogen) atoms. The summed E-state index contributed by atoms with van der Waals surface area (Å²) in [5, 5.41) is 2.35. The van der Waals surface area contributed by atoms with Crippen LogP contribution in [0.1, 0.15) is 22.3 Å². The van der Waals surface area contributed by atoms with Gasteiger partial charge in [0.05, 0.1) is 27.8 Å². The lowest BCUT2D eigenvalue weighted by Gasteiger charge is -2.46. The van der Waals surface area contributed by atoms with Crippen molar-refractivity contribution in [2.45, 2.75) is 5.41 Å². The van der Waals surface area contributed by atoms with Crippen LogP contribution in [0.15, 0.2) is 188 Å². The van der Waals surface area contributed by atoms with Gasteiger partial charge < -0.3 is 4.90 Å². The Morgan fingerprint density at radius 2 is 0.980 bits per heavy atom. The number of imidazole rings is 1. The van der Waals surface area contributed by atoms with Crippen molar-refractivity contribution in [3.8, 4) is 11.1 Å². The van der Waals surface area contributed by atoms with Gasteiger partial charge in [-0.3, -0.25) is 4.40 Å². The maximum Gasteiger partial charge on any atom is 0.145 e. The van der Waals surface area contributed by atoms with E-state index in [0.29, 0.717) is 0 Å². The number of nitrogens with zero attached hydrogens (tertiary/aromatic N) is 3. The lowest BCUT2D eigenvalue weighted by atomic mass is 9.62. The highest BCUT2D eigenvalue weighted by Crippen LogP contribution is 2.57. The van der Waals surface area contributed by atoms with Gasteiger partial charge in [0.25, 0.3) is 0 Å². The van der Waals surface area contributed by atoms with Gasteiger partial charge in [0.2, 0.25) is 0 Å². The Bertz CT molecular complexity index is 2570.